The van der Waals surface area contributed by atoms with E-state index in [1.807, 2.05) is 0 Å². The van der Waals surface area contributed by atoms with E-state index in [0.717, 1.165) is 12.6 Å². The van der Waals surface area contributed by atoms with Crippen molar-refractivity contribution >= 4 is 0 Å². The van der Waals surface area contributed by atoms with Gasteiger partial charge in [0.1, 0.15) is 0 Å². The summed E-state index contributed by atoms with van der Waals surface area (Å²) in [5.41, 5.74) is 1.43. The van der Waals surface area contributed by atoms with Crippen molar-refractivity contribution in [3.63, 3.8) is 0 Å². The SMILES string of the molecule is CCCN(Cc1ccccc1)C(C)CC1CCCCN1. The van der Waals surface area contributed by atoms with Gasteiger partial charge in [-0.15, -0.1) is 0 Å². The summed E-state index contributed by atoms with van der Waals surface area (Å²) in [6.07, 6.45) is 6.63. The molecule has 1 aliphatic heterocycles. The van der Waals surface area contributed by atoms with Crippen LogP contribution in [0.15, 0.2) is 30.3 Å². The molecule has 0 saturated carbocycles. The van der Waals surface area contributed by atoms with Gasteiger partial charge in [-0.1, -0.05) is 43.7 Å². The molecular formula is C18H30N2. The Bertz CT molecular complexity index is 357. The first-order valence-corrected chi connectivity index (χ1v) is 8.31. The number of nitrogens with one attached hydrogen (secondary N) is 1. The van der Waals surface area contributed by atoms with Crippen molar-refractivity contribution in [2.75, 3.05) is 13.1 Å². The van der Waals surface area contributed by atoms with Gasteiger partial charge >= 0.3 is 0 Å². The van der Waals surface area contributed by atoms with Gasteiger partial charge in [0.2, 0.25) is 0 Å². The highest BCUT2D eigenvalue weighted by molar-refractivity contribution is 5.14. The standard InChI is InChI=1S/C18H30N2/c1-3-13-20(15-17-9-5-4-6-10-17)16(2)14-18-11-7-8-12-19-18/h4-6,9-10,16,18-19H,3,7-8,11-15H2,1-2H3. The smallest absolute Gasteiger partial charge is 0.0236 e. The Balaban J connectivity index is 1.89. The Kier molecular flexibility index (Phi) is 6.55. The van der Waals surface area contributed by atoms with Gasteiger partial charge in [-0.2, -0.15) is 0 Å². The van der Waals surface area contributed by atoms with E-state index in [9.17, 15) is 0 Å². The lowest BCUT2D eigenvalue weighted by molar-refractivity contribution is 0.171. The van der Waals surface area contributed by atoms with Gasteiger partial charge in [0.25, 0.3) is 0 Å². The maximum absolute atomic E-state index is 3.68. The molecule has 0 amide bonds. The van der Waals surface area contributed by atoms with Crippen LogP contribution in [-0.2, 0) is 6.54 Å². The minimum Gasteiger partial charge on any atom is -0.314 e. The van der Waals surface area contributed by atoms with E-state index in [1.165, 1.54) is 50.8 Å². The maximum atomic E-state index is 3.68. The summed E-state index contributed by atoms with van der Waals surface area (Å²) in [7, 11) is 0. The molecule has 1 aromatic carbocycles. The molecule has 2 unspecified atom stereocenters. The predicted molar refractivity (Wildman–Crippen MR) is 86.9 cm³/mol. The summed E-state index contributed by atoms with van der Waals surface area (Å²) in [6, 6.07) is 12.3. The monoisotopic (exact) mass is 274 g/mol. The molecule has 112 valence electrons. The predicted octanol–water partition coefficient (Wildman–Crippen LogP) is 3.82. The van der Waals surface area contributed by atoms with Gasteiger partial charge in [-0.3, -0.25) is 4.90 Å². The summed E-state index contributed by atoms with van der Waals surface area (Å²) in [5, 5.41) is 3.68. The Morgan fingerprint density at radius 1 is 1.25 bits per heavy atom. The molecule has 1 aliphatic rings. The largest absolute Gasteiger partial charge is 0.314 e. The van der Waals surface area contributed by atoms with Crippen LogP contribution in [-0.4, -0.2) is 30.1 Å². The lowest BCUT2D eigenvalue weighted by Gasteiger charge is -2.33. The molecule has 20 heavy (non-hydrogen) atoms. The van der Waals surface area contributed by atoms with Gasteiger partial charge in [0.15, 0.2) is 0 Å². The quantitative estimate of drug-likeness (QED) is 0.813. The van der Waals surface area contributed by atoms with Gasteiger partial charge in [0.05, 0.1) is 0 Å². The number of piperidine rings is 1. The van der Waals surface area contributed by atoms with Crippen molar-refractivity contribution < 1.29 is 0 Å². The summed E-state index contributed by atoms with van der Waals surface area (Å²) in [6.45, 7) is 8.17. The highest BCUT2D eigenvalue weighted by Crippen LogP contribution is 2.17. The second-order valence-electron chi connectivity index (χ2n) is 6.19. The van der Waals surface area contributed by atoms with E-state index in [-0.39, 0.29) is 0 Å². The average molecular weight is 274 g/mol. The molecule has 2 nitrogen and oxygen atoms in total. The fourth-order valence-corrected chi connectivity index (χ4v) is 3.25. The van der Waals surface area contributed by atoms with Crippen LogP contribution >= 0.6 is 0 Å². The zero-order chi connectivity index (χ0) is 14.2. The van der Waals surface area contributed by atoms with Crippen molar-refractivity contribution in [3.8, 4) is 0 Å². The molecule has 1 saturated heterocycles. The lowest BCUT2D eigenvalue weighted by Crippen LogP contribution is -2.41. The third-order valence-electron chi connectivity index (χ3n) is 4.40. The van der Waals surface area contributed by atoms with Crippen molar-refractivity contribution in [2.24, 2.45) is 0 Å². The van der Waals surface area contributed by atoms with Gasteiger partial charge < -0.3 is 5.32 Å². The Morgan fingerprint density at radius 3 is 2.70 bits per heavy atom. The van der Waals surface area contributed by atoms with Crippen molar-refractivity contribution in [1.82, 2.24) is 10.2 Å². The Labute approximate surface area is 124 Å². The van der Waals surface area contributed by atoms with Crippen LogP contribution in [0.2, 0.25) is 0 Å². The second-order valence-corrected chi connectivity index (χ2v) is 6.19. The minimum atomic E-state index is 0.658. The van der Waals surface area contributed by atoms with E-state index in [0.29, 0.717) is 6.04 Å². The van der Waals surface area contributed by atoms with Gasteiger partial charge in [-0.25, -0.2) is 0 Å². The lowest BCUT2D eigenvalue weighted by atomic mass is 9.97. The molecular weight excluding hydrogens is 244 g/mol. The molecule has 0 bridgehead atoms. The third-order valence-corrected chi connectivity index (χ3v) is 4.40. The molecule has 2 atom stereocenters. The summed E-state index contributed by atoms with van der Waals surface area (Å²) < 4.78 is 0. The van der Waals surface area contributed by atoms with Crippen LogP contribution in [0.5, 0.6) is 0 Å². The van der Waals surface area contributed by atoms with E-state index >= 15 is 0 Å². The number of nitrogens with zero attached hydrogens (tertiary/aromatic N) is 1. The van der Waals surface area contributed by atoms with Crippen LogP contribution < -0.4 is 5.32 Å². The van der Waals surface area contributed by atoms with Crippen molar-refractivity contribution in [1.29, 1.82) is 0 Å². The highest BCUT2D eigenvalue weighted by atomic mass is 15.1. The summed E-state index contributed by atoms with van der Waals surface area (Å²) >= 11 is 0. The first-order chi connectivity index (χ1) is 9.79. The minimum absolute atomic E-state index is 0.658. The van der Waals surface area contributed by atoms with E-state index in [4.69, 9.17) is 0 Å². The molecule has 1 N–H and O–H groups in total. The van der Waals surface area contributed by atoms with Crippen molar-refractivity contribution in [2.45, 2.75) is 64.6 Å². The zero-order valence-corrected chi connectivity index (χ0v) is 13.1. The third kappa shape index (κ3) is 4.92. The number of hydrogen-bond donors (Lipinski definition) is 1. The second kappa shape index (κ2) is 8.43. The molecule has 0 aromatic heterocycles. The Morgan fingerprint density at radius 2 is 2.05 bits per heavy atom. The average Bonchev–Trinajstić information content (AvgIpc) is 2.49. The fourth-order valence-electron chi connectivity index (χ4n) is 3.25. The van der Waals surface area contributed by atoms with Crippen LogP contribution in [0.25, 0.3) is 0 Å². The molecule has 0 aliphatic carbocycles. The topological polar surface area (TPSA) is 15.3 Å². The highest BCUT2D eigenvalue weighted by Gasteiger charge is 2.20. The molecule has 2 rings (SSSR count). The number of rotatable bonds is 7. The zero-order valence-electron chi connectivity index (χ0n) is 13.1. The van der Waals surface area contributed by atoms with Gasteiger partial charge in [0, 0.05) is 18.6 Å². The Hall–Kier alpha value is -0.860. The van der Waals surface area contributed by atoms with Crippen LogP contribution in [0, 0.1) is 0 Å². The summed E-state index contributed by atoms with van der Waals surface area (Å²) in [4.78, 5) is 2.64. The molecule has 1 aromatic rings. The fraction of sp³-hybridized carbons (Fsp3) is 0.667. The first kappa shape index (κ1) is 15.5. The first-order valence-electron chi connectivity index (χ1n) is 8.31. The van der Waals surface area contributed by atoms with E-state index < -0.39 is 0 Å². The molecule has 1 heterocycles. The molecule has 0 spiro atoms. The van der Waals surface area contributed by atoms with Crippen LogP contribution in [0.3, 0.4) is 0 Å². The summed E-state index contributed by atoms with van der Waals surface area (Å²) in [5.74, 6) is 0. The number of benzene rings is 1. The van der Waals surface area contributed by atoms with Crippen LogP contribution in [0.4, 0.5) is 0 Å². The van der Waals surface area contributed by atoms with Crippen molar-refractivity contribution in [3.05, 3.63) is 35.9 Å². The molecule has 1 fully saturated rings. The van der Waals surface area contributed by atoms with Gasteiger partial charge in [-0.05, 0) is 51.3 Å². The molecule has 0 radical (unpaired) electrons. The normalized spacial score (nSPS) is 21.1. The maximum Gasteiger partial charge on any atom is 0.0236 e. The van der Waals surface area contributed by atoms with Crippen LogP contribution in [0.1, 0.15) is 51.5 Å². The van der Waals surface area contributed by atoms with E-state index in [1.54, 1.807) is 0 Å². The molecule has 2 heteroatoms. The number of hydrogen-bond acceptors (Lipinski definition) is 2. The van der Waals surface area contributed by atoms with E-state index in [2.05, 4.69) is 54.4 Å².